The monoisotopic (exact) mass is 345 g/mol. The Labute approximate surface area is 133 Å². The van der Waals surface area contributed by atoms with Crippen LogP contribution in [0.2, 0.25) is 10.0 Å². The van der Waals surface area contributed by atoms with Crippen LogP contribution in [0.3, 0.4) is 0 Å². The summed E-state index contributed by atoms with van der Waals surface area (Å²) in [6, 6.07) is 9.55. The fraction of sp³-hybridized carbons (Fsp3) is 0.143. The molecule has 0 amide bonds. The van der Waals surface area contributed by atoms with E-state index >= 15 is 0 Å². The molecule has 0 spiro atoms. The molecular weight excluding hydrogens is 333 g/mol. The molecule has 2 aromatic carbocycles. The van der Waals surface area contributed by atoms with E-state index in [9.17, 15) is 13.5 Å². The molecule has 2 N–H and O–H groups in total. The lowest BCUT2D eigenvalue weighted by Crippen LogP contribution is -2.14. The Bertz CT molecular complexity index is 759. The molecule has 0 saturated carbocycles. The molecule has 2 aromatic rings. The van der Waals surface area contributed by atoms with Gasteiger partial charge in [-0.3, -0.25) is 4.72 Å². The average Bonchev–Trinajstić information content (AvgIpc) is 2.43. The zero-order chi connectivity index (χ0) is 15.6. The maximum atomic E-state index is 12.4. The Morgan fingerprint density at radius 1 is 1.14 bits per heavy atom. The summed E-state index contributed by atoms with van der Waals surface area (Å²) in [7, 11) is -3.89. The van der Waals surface area contributed by atoms with Crippen LogP contribution < -0.4 is 4.72 Å². The zero-order valence-electron chi connectivity index (χ0n) is 11.1. The molecule has 0 bridgehead atoms. The Morgan fingerprint density at radius 3 is 2.33 bits per heavy atom. The zero-order valence-corrected chi connectivity index (χ0v) is 13.4. The molecule has 0 saturated heterocycles. The van der Waals surface area contributed by atoms with Crippen molar-refractivity contribution in [2.24, 2.45) is 0 Å². The number of halogens is 2. The number of aliphatic hydroxyl groups excluding tert-OH is 1. The van der Waals surface area contributed by atoms with E-state index in [1.165, 1.54) is 12.1 Å². The van der Waals surface area contributed by atoms with Gasteiger partial charge in [-0.1, -0.05) is 40.9 Å². The Hall–Kier alpha value is -1.27. The van der Waals surface area contributed by atoms with Crippen LogP contribution in [0.1, 0.15) is 11.1 Å². The summed E-state index contributed by atoms with van der Waals surface area (Å²) in [5, 5.41) is 9.34. The summed E-state index contributed by atoms with van der Waals surface area (Å²) in [6.07, 6.45) is 0. The van der Waals surface area contributed by atoms with Crippen LogP contribution >= 0.6 is 23.2 Å². The molecular formula is C14H13Cl2NO3S. The normalized spacial score (nSPS) is 11.4. The third kappa shape index (κ3) is 3.68. The molecule has 0 radical (unpaired) electrons. The Morgan fingerprint density at radius 2 is 1.76 bits per heavy atom. The molecule has 2 rings (SSSR count). The maximum Gasteiger partial charge on any atom is 0.263 e. The topological polar surface area (TPSA) is 66.4 Å². The van der Waals surface area contributed by atoms with Gasteiger partial charge in [0.05, 0.1) is 11.6 Å². The van der Waals surface area contributed by atoms with E-state index in [0.717, 1.165) is 5.56 Å². The first-order chi connectivity index (χ1) is 9.83. The number of anilines is 1. The number of nitrogens with one attached hydrogen (secondary N) is 1. The number of rotatable bonds is 4. The molecule has 0 atom stereocenters. The van der Waals surface area contributed by atoms with Crippen LogP contribution in [-0.4, -0.2) is 13.5 Å². The average molecular weight is 346 g/mol. The van der Waals surface area contributed by atoms with Crippen LogP contribution in [-0.2, 0) is 16.6 Å². The van der Waals surface area contributed by atoms with Gasteiger partial charge in [-0.25, -0.2) is 8.42 Å². The standard InChI is InChI=1S/C14H13Cl2NO3S/c1-9-2-4-12(5-3-9)17-21(19,20)13-7-11(15)6-10(8-18)14(13)16/h2-7,17-18H,8H2,1H3. The highest BCUT2D eigenvalue weighted by Gasteiger charge is 2.21. The van der Waals surface area contributed by atoms with Crippen molar-refractivity contribution in [1.29, 1.82) is 0 Å². The van der Waals surface area contributed by atoms with Crippen LogP contribution in [0.5, 0.6) is 0 Å². The van der Waals surface area contributed by atoms with Gasteiger partial charge in [-0.2, -0.15) is 0 Å². The summed E-state index contributed by atoms with van der Waals surface area (Å²) < 4.78 is 27.2. The lowest BCUT2D eigenvalue weighted by molar-refractivity contribution is 0.281. The van der Waals surface area contributed by atoms with Gasteiger partial charge in [0.2, 0.25) is 0 Å². The first-order valence-corrected chi connectivity index (χ1v) is 8.25. The van der Waals surface area contributed by atoms with E-state index in [0.29, 0.717) is 5.69 Å². The number of sulfonamides is 1. The van der Waals surface area contributed by atoms with E-state index in [2.05, 4.69) is 4.72 Å². The first kappa shape index (κ1) is 16.1. The lowest BCUT2D eigenvalue weighted by atomic mass is 10.2. The molecule has 4 nitrogen and oxygen atoms in total. The van der Waals surface area contributed by atoms with Crippen molar-refractivity contribution in [1.82, 2.24) is 0 Å². The molecule has 0 aromatic heterocycles. The lowest BCUT2D eigenvalue weighted by Gasteiger charge is -2.12. The van der Waals surface area contributed by atoms with Crippen LogP contribution in [0.4, 0.5) is 5.69 Å². The van der Waals surface area contributed by atoms with Crippen molar-refractivity contribution in [3.63, 3.8) is 0 Å². The quantitative estimate of drug-likeness (QED) is 0.889. The second-order valence-electron chi connectivity index (χ2n) is 4.51. The third-order valence-corrected chi connectivity index (χ3v) is 5.03. The van der Waals surface area contributed by atoms with Crippen molar-refractivity contribution >= 4 is 38.9 Å². The van der Waals surface area contributed by atoms with Crippen LogP contribution in [0.25, 0.3) is 0 Å². The van der Waals surface area contributed by atoms with E-state index in [4.69, 9.17) is 23.2 Å². The fourth-order valence-corrected chi connectivity index (χ4v) is 3.75. The third-order valence-electron chi connectivity index (χ3n) is 2.84. The SMILES string of the molecule is Cc1ccc(NS(=O)(=O)c2cc(Cl)cc(CO)c2Cl)cc1. The van der Waals surface area contributed by atoms with E-state index < -0.39 is 16.6 Å². The van der Waals surface area contributed by atoms with Crippen LogP contribution in [0, 0.1) is 6.92 Å². The smallest absolute Gasteiger partial charge is 0.263 e. The molecule has 0 aliphatic carbocycles. The summed E-state index contributed by atoms with van der Waals surface area (Å²) in [6.45, 7) is 1.51. The van der Waals surface area contributed by atoms with E-state index in [1.54, 1.807) is 24.3 Å². The Kier molecular flexibility index (Phi) is 4.78. The second kappa shape index (κ2) is 6.23. The number of benzene rings is 2. The van der Waals surface area contributed by atoms with Crippen molar-refractivity contribution in [3.8, 4) is 0 Å². The molecule has 112 valence electrons. The predicted molar refractivity (Wildman–Crippen MR) is 84.4 cm³/mol. The van der Waals surface area contributed by atoms with Gasteiger partial charge < -0.3 is 5.11 Å². The predicted octanol–water partition coefficient (Wildman–Crippen LogP) is 3.59. The minimum atomic E-state index is -3.89. The molecule has 0 unspecified atom stereocenters. The fourth-order valence-electron chi connectivity index (χ4n) is 1.76. The molecule has 0 aliphatic rings. The number of aryl methyl sites for hydroxylation is 1. The minimum absolute atomic E-state index is 0.0403. The van der Waals surface area contributed by atoms with Gasteiger partial charge in [-0.15, -0.1) is 0 Å². The molecule has 21 heavy (non-hydrogen) atoms. The van der Waals surface area contributed by atoms with Crippen molar-refractivity contribution in [3.05, 3.63) is 57.6 Å². The van der Waals surface area contributed by atoms with Gasteiger partial charge in [0.15, 0.2) is 0 Å². The molecule has 7 heteroatoms. The second-order valence-corrected chi connectivity index (χ2v) is 6.97. The maximum absolute atomic E-state index is 12.4. The highest BCUT2D eigenvalue weighted by Crippen LogP contribution is 2.30. The number of hydrogen-bond donors (Lipinski definition) is 2. The molecule has 0 aliphatic heterocycles. The van der Waals surface area contributed by atoms with Crippen molar-refractivity contribution in [2.75, 3.05) is 4.72 Å². The van der Waals surface area contributed by atoms with Gasteiger partial charge in [-0.05, 0) is 36.8 Å². The molecule has 0 fully saturated rings. The van der Waals surface area contributed by atoms with E-state index in [-0.39, 0.29) is 20.5 Å². The first-order valence-electron chi connectivity index (χ1n) is 6.02. The number of aliphatic hydroxyl groups is 1. The van der Waals surface area contributed by atoms with Crippen LogP contribution in [0.15, 0.2) is 41.3 Å². The number of hydrogen-bond acceptors (Lipinski definition) is 3. The Balaban J connectivity index is 2.44. The van der Waals surface area contributed by atoms with Gasteiger partial charge >= 0.3 is 0 Å². The summed E-state index contributed by atoms with van der Waals surface area (Å²) >= 11 is 11.9. The van der Waals surface area contributed by atoms with Crippen molar-refractivity contribution < 1.29 is 13.5 Å². The van der Waals surface area contributed by atoms with Gasteiger partial charge in [0, 0.05) is 10.7 Å². The minimum Gasteiger partial charge on any atom is -0.392 e. The van der Waals surface area contributed by atoms with Crippen molar-refractivity contribution in [2.45, 2.75) is 18.4 Å². The van der Waals surface area contributed by atoms with Gasteiger partial charge in [0.1, 0.15) is 4.90 Å². The largest absolute Gasteiger partial charge is 0.392 e. The summed E-state index contributed by atoms with van der Waals surface area (Å²) in [5.74, 6) is 0. The highest BCUT2D eigenvalue weighted by atomic mass is 35.5. The summed E-state index contributed by atoms with van der Waals surface area (Å²) in [4.78, 5) is -0.165. The van der Waals surface area contributed by atoms with E-state index in [1.807, 2.05) is 6.92 Å². The highest BCUT2D eigenvalue weighted by molar-refractivity contribution is 7.92. The molecule has 0 heterocycles. The summed E-state index contributed by atoms with van der Waals surface area (Å²) in [5.41, 5.74) is 1.69. The van der Waals surface area contributed by atoms with Gasteiger partial charge in [0.25, 0.3) is 10.0 Å².